The van der Waals surface area contributed by atoms with Gasteiger partial charge in [-0.25, -0.2) is 9.97 Å². The Morgan fingerprint density at radius 2 is 1.86 bits per heavy atom. The molecule has 0 atom stereocenters. The molecule has 0 bridgehead atoms. The molecule has 0 saturated carbocycles. The van der Waals surface area contributed by atoms with Crippen molar-refractivity contribution in [3.8, 4) is 0 Å². The first-order valence-corrected chi connectivity index (χ1v) is 9.45. The van der Waals surface area contributed by atoms with E-state index in [4.69, 9.17) is 0 Å². The maximum atomic E-state index is 12.0. The zero-order valence-electron chi connectivity index (χ0n) is 18.2. The second-order valence-electron chi connectivity index (χ2n) is 8.25. The number of aromatic nitrogens is 2. The molecule has 3 N–H and O–H groups in total. The predicted octanol–water partition coefficient (Wildman–Crippen LogP) is 3.33. The number of anilines is 4. The molecule has 29 heavy (non-hydrogen) atoms. The van der Waals surface area contributed by atoms with Gasteiger partial charge in [-0.2, -0.15) is 0 Å². The summed E-state index contributed by atoms with van der Waals surface area (Å²) in [6.45, 7) is 10.5. The number of rotatable bonds is 6. The molecular weight excluding hydrogens is 368 g/mol. The fourth-order valence-corrected chi connectivity index (χ4v) is 3.01. The fraction of sp³-hybridized carbons (Fsp3) is 0.429. The van der Waals surface area contributed by atoms with E-state index in [0.29, 0.717) is 22.9 Å². The normalized spacial score (nSPS) is 11.0. The van der Waals surface area contributed by atoms with Crippen molar-refractivity contribution in [1.82, 2.24) is 15.3 Å². The SMILES string of the molecule is CNC(=O)c1ccc(C)c(Nc2ncnc(N(C)CC(C)(C)C)c2NC(C)=O)c1. The van der Waals surface area contributed by atoms with Gasteiger partial charge in [0.25, 0.3) is 5.91 Å². The molecule has 0 radical (unpaired) electrons. The Hall–Kier alpha value is -3.16. The number of carbonyl (C=O) groups excluding carboxylic acids is 2. The zero-order valence-corrected chi connectivity index (χ0v) is 18.2. The van der Waals surface area contributed by atoms with Crippen molar-refractivity contribution in [2.45, 2.75) is 34.6 Å². The van der Waals surface area contributed by atoms with Gasteiger partial charge >= 0.3 is 0 Å². The number of amides is 2. The van der Waals surface area contributed by atoms with Crippen LogP contribution in [0.4, 0.5) is 23.0 Å². The molecule has 2 amide bonds. The van der Waals surface area contributed by atoms with Crippen molar-refractivity contribution < 1.29 is 9.59 Å². The van der Waals surface area contributed by atoms with Crippen LogP contribution in [0.25, 0.3) is 0 Å². The van der Waals surface area contributed by atoms with Gasteiger partial charge in [-0.15, -0.1) is 0 Å². The molecule has 8 nitrogen and oxygen atoms in total. The van der Waals surface area contributed by atoms with Gasteiger partial charge in [0.05, 0.1) is 0 Å². The summed E-state index contributed by atoms with van der Waals surface area (Å²) in [5, 5.41) is 8.72. The van der Waals surface area contributed by atoms with E-state index in [-0.39, 0.29) is 17.2 Å². The van der Waals surface area contributed by atoms with Gasteiger partial charge in [0.2, 0.25) is 5.91 Å². The van der Waals surface area contributed by atoms with E-state index < -0.39 is 0 Å². The van der Waals surface area contributed by atoms with Gasteiger partial charge < -0.3 is 20.9 Å². The molecule has 8 heteroatoms. The second kappa shape index (κ2) is 8.89. The van der Waals surface area contributed by atoms with Crippen molar-refractivity contribution in [3.63, 3.8) is 0 Å². The Morgan fingerprint density at radius 1 is 1.17 bits per heavy atom. The van der Waals surface area contributed by atoms with E-state index in [1.165, 1.54) is 13.3 Å². The third-order valence-corrected chi connectivity index (χ3v) is 4.18. The van der Waals surface area contributed by atoms with E-state index >= 15 is 0 Å². The molecule has 0 saturated heterocycles. The number of nitrogens with one attached hydrogen (secondary N) is 3. The van der Waals surface area contributed by atoms with Crippen LogP contribution in [-0.4, -0.2) is 42.4 Å². The summed E-state index contributed by atoms with van der Waals surface area (Å²) in [6.07, 6.45) is 1.46. The summed E-state index contributed by atoms with van der Waals surface area (Å²) in [5.41, 5.74) is 2.73. The Bertz CT molecular complexity index is 905. The summed E-state index contributed by atoms with van der Waals surface area (Å²) in [6, 6.07) is 5.38. The lowest BCUT2D eigenvalue weighted by molar-refractivity contribution is -0.114. The molecule has 2 rings (SSSR count). The van der Waals surface area contributed by atoms with Crippen molar-refractivity contribution in [3.05, 3.63) is 35.7 Å². The van der Waals surface area contributed by atoms with E-state index in [1.807, 2.05) is 24.9 Å². The molecule has 0 spiro atoms. The Morgan fingerprint density at radius 3 is 2.45 bits per heavy atom. The molecule has 1 aromatic carbocycles. The van der Waals surface area contributed by atoms with Crippen LogP contribution < -0.4 is 20.9 Å². The molecule has 0 unspecified atom stereocenters. The summed E-state index contributed by atoms with van der Waals surface area (Å²) >= 11 is 0. The lowest BCUT2D eigenvalue weighted by Gasteiger charge is -2.29. The van der Waals surface area contributed by atoms with E-state index in [1.54, 1.807) is 19.2 Å². The number of aryl methyl sites for hydroxylation is 1. The average molecular weight is 399 g/mol. The lowest BCUT2D eigenvalue weighted by atomic mass is 9.96. The number of carbonyl (C=O) groups is 2. The minimum Gasteiger partial charge on any atom is -0.357 e. The first-order chi connectivity index (χ1) is 13.5. The Balaban J connectivity index is 2.49. The van der Waals surface area contributed by atoms with Crippen LogP contribution in [0.2, 0.25) is 0 Å². The highest BCUT2D eigenvalue weighted by atomic mass is 16.2. The van der Waals surface area contributed by atoms with Crippen molar-refractivity contribution in [1.29, 1.82) is 0 Å². The predicted molar refractivity (Wildman–Crippen MR) is 117 cm³/mol. The van der Waals surface area contributed by atoms with Gasteiger partial charge in [0, 0.05) is 38.8 Å². The van der Waals surface area contributed by atoms with Crippen LogP contribution in [0.1, 0.15) is 43.6 Å². The van der Waals surface area contributed by atoms with Crippen molar-refractivity contribution in [2.75, 3.05) is 36.2 Å². The second-order valence-corrected chi connectivity index (χ2v) is 8.25. The van der Waals surface area contributed by atoms with Crippen LogP contribution in [0.15, 0.2) is 24.5 Å². The highest BCUT2D eigenvalue weighted by Crippen LogP contribution is 2.33. The summed E-state index contributed by atoms with van der Waals surface area (Å²) in [7, 11) is 3.52. The van der Waals surface area contributed by atoms with Gasteiger partial charge in [-0.1, -0.05) is 26.8 Å². The molecule has 1 aromatic heterocycles. The Labute approximate surface area is 172 Å². The minimum atomic E-state index is -0.218. The molecule has 0 aliphatic heterocycles. The van der Waals surface area contributed by atoms with Crippen molar-refractivity contribution >= 4 is 34.8 Å². The summed E-state index contributed by atoms with van der Waals surface area (Å²) < 4.78 is 0. The standard InChI is InChI=1S/C21H30N6O2/c1-13-8-9-15(20(29)22-6)10-16(13)26-18-17(25-14(2)28)19(24-12-23-18)27(7)11-21(3,4)5/h8-10,12H,11H2,1-7H3,(H,22,29)(H,25,28)(H,23,24,26). The maximum Gasteiger partial charge on any atom is 0.251 e. The van der Waals surface area contributed by atoms with Crippen LogP contribution in [0, 0.1) is 12.3 Å². The van der Waals surface area contributed by atoms with E-state index in [0.717, 1.165) is 17.8 Å². The lowest BCUT2D eigenvalue weighted by Crippen LogP contribution is -2.31. The third kappa shape index (κ3) is 5.91. The number of benzene rings is 1. The smallest absolute Gasteiger partial charge is 0.251 e. The highest BCUT2D eigenvalue weighted by molar-refractivity contribution is 5.98. The molecule has 0 fully saturated rings. The molecule has 156 valence electrons. The van der Waals surface area contributed by atoms with Gasteiger partial charge in [0.1, 0.15) is 12.0 Å². The number of hydrogen-bond acceptors (Lipinski definition) is 6. The number of hydrogen-bond donors (Lipinski definition) is 3. The van der Waals surface area contributed by atoms with E-state index in [2.05, 4.69) is 46.7 Å². The summed E-state index contributed by atoms with van der Waals surface area (Å²) in [4.78, 5) is 34.6. The van der Waals surface area contributed by atoms with Gasteiger partial charge in [0.15, 0.2) is 11.6 Å². The molecule has 0 aliphatic rings. The average Bonchev–Trinajstić information content (AvgIpc) is 2.62. The van der Waals surface area contributed by atoms with Crippen LogP contribution in [0.3, 0.4) is 0 Å². The molecular formula is C21H30N6O2. The third-order valence-electron chi connectivity index (χ3n) is 4.18. The van der Waals surface area contributed by atoms with E-state index in [9.17, 15) is 9.59 Å². The highest BCUT2D eigenvalue weighted by Gasteiger charge is 2.21. The van der Waals surface area contributed by atoms with Crippen LogP contribution in [0.5, 0.6) is 0 Å². The quantitative estimate of drug-likeness (QED) is 0.690. The van der Waals surface area contributed by atoms with Gasteiger partial charge in [-0.05, 0) is 30.0 Å². The first-order valence-electron chi connectivity index (χ1n) is 9.45. The van der Waals surface area contributed by atoms with Gasteiger partial charge in [-0.3, -0.25) is 9.59 Å². The fourth-order valence-electron chi connectivity index (χ4n) is 3.01. The monoisotopic (exact) mass is 398 g/mol. The molecule has 1 heterocycles. The number of nitrogens with zero attached hydrogens (tertiary/aromatic N) is 3. The largest absolute Gasteiger partial charge is 0.357 e. The molecule has 0 aliphatic carbocycles. The molecule has 2 aromatic rings. The van der Waals surface area contributed by atoms with Crippen LogP contribution in [-0.2, 0) is 4.79 Å². The minimum absolute atomic E-state index is 0.0409. The summed E-state index contributed by atoms with van der Waals surface area (Å²) in [5.74, 6) is 0.684. The topological polar surface area (TPSA) is 99.2 Å². The van der Waals surface area contributed by atoms with Crippen molar-refractivity contribution in [2.24, 2.45) is 5.41 Å². The first kappa shape index (κ1) is 22.1. The van der Waals surface area contributed by atoms with Crippen LogP contribution >= 0.6 is 0 Å². The maximum absolute atomic E-state index is 12.0. The Kier molecular flexibility index (Phi) is 6.79. The zero-order chi connectivity index (χ0) is 21.8.